The van der Waals surface area contributed by atoms with Crippen LogP contribution < -0.4 is 0 Å². The van der Waals surface area contributed by atoms with Gasteiger partial charge < -0.3 is 10.0 Å². The number of aliphatic carboxylic acids is 1. The minimum absolute atomic E-state index is 0.0666. The van der Waals surface area contributed by atoms with Crippen LogP contribution >= 0.6 is 23.2 Å². The fourth-order valence-electron chi connectivity index (χ4n) is 4.05. The molecule has 0 aromatic heterocycles. The maximum Gasteiger partial charge on any atom is 0.326 e. The summed E-state index contributed by atoms with van der Waals surface area (Å²) >= 11 is 12.0. The summed E-state index contributed by atoms with van der Waals surface area (Å²) in [5.74, 6) is -1.05. The van der Waals surface area contributed by atoms with Gasteiger partial charge in [0.2, 0.25) is 5.91 Å². The van der Waals surface area contributed by atoms with Gasteiger partial charge in [-0.1, -0.05) is 29.3 Å². The van der Waals surface area contributed by atoms with Crippen molar-refractivity contribution in [2.24, 2.45) is 5.41 Å². The van der Waals surface area contributed by atoms with E-state index in [0.717, 1.165) is 38.0 Å². The Bertz CT molecular complexity index is 663. The Kier molecular flexibility index (Phi) is 5.28. The molecule has 0 aliphatic carbocycles. The van der Waals surface area contributed by atoms with Crippen molar-refractivity contribution in [3.8, 4) is 0 Å². The minimum Gasteiger partial charge on any atom is -0.480 e. The Hall–Kier alpha value is -1.30. The first kappa shape index (κ1) is 18.5. The minimum atomic E-state index is -0.898. The van der Waals surface area contributed by atoms with Gasteiger partial charge in [0.05, 0.1) is 10.0 Å². The number of rotatable bonds is 3. The molecule has 2 fully saturated rings. The fraction of sp³-hybridized carbons (Fsp3) is 0.556. The molecular formula is C18H22Cl2N2O3. The molecule has 0 unspecified atom stereocenters. The zero-order valence-electron chi connectivity index (χ0n) is 14.2. The number of nitrogens with zero attached hydrogens (tertiary/aromatic N) is 2. The van der Waals surface area contributed by atoms with Gasteiger partial charge in [-0.25, -0.2) is 4.79 Å². The van der Waals surface area contributed by atoms with E-state index in [1.165, 1.54) is 11.8 Å². The monoisotopic (exact) mass is 384 g/mol. The van der Waals surface area contributed by atoms with Gasteiger partial charge >= 0.3 is 5.97 Å². The number of benzene rings is 1. The van der Waals surface area contributed by atoms with E-state index in [1.54, 1.807) is 0 Å². The molecule has 0 bridgehead atoms. The number of halogens is 2. The summed E-state index contributed by atoms with van der Waals surface area (Å²) < 4.78 is 0. The molecule has 2 heterocycles. The van der Waals surface area contributed by atoms with E-state index in [2.05, 4.69) is 4.90 Å². The number of carboxylic acid groups (broad SMARTS) is 1. The smallest absolute Gasteiger partial charge is 0.326 e. The van der Waals surface area contributed by atoms with Gasteiger partial charge in [0.1, 0.15) is 6.04 Å². The van der Waals surface area contributed by atoms with Crippen molar-refractivity contribution in [2.45, 2.75) is 38.8 Å². The van der Waals surface area contributed by atoms with Crippen molar-refractivity contribution in [2.75, 3.05) is 19.6 Å². The van der Waals surface area contributed by atoms with Crippen LogP contribution in [0.15, 0.2) is 18.2 Å². The van der Waals surface area contributed by atoms with Crippen LogP contribution in [-0.2, 0) is 16.1 Å². The Balaban J connectivity index is 1.62. The molecule has 1 aromatic carbocycles. The van der Waals surface area contributed by atoms with E-state index in [9.17, 15) is 14.7 Å². The van der Waals surface area contributed by atoms with Crippen molar-refractivity contribution < 1.29 is 14.7 Å². The number of amides is 1. The third kappa shape index (κ3) is 3.94. The van der Waals surface area contributed by atoms with Crippen LogP contribution in [0.5, 0.6) is 0 Å². The second-order valence-electron chi connectivity index (χ2n) is 7.23. The zero-order chi connectivity index (χ0) is 18.2. The molecule has 136 valence electrons. The molecule has 3 rings (SSSR count). The highest BCUT2D eigenvalue weighted by atomic mass is 35.5. The normalized spacial score (nSPS) is 23.2. The largest absolute Gasteiger partial charge is 0.480 e. The van der Waals surface area contributed by atoms with E-state index in [0.29, 0.717) is 23.0 Å². The lowest BCUT2D eigenvalue weighted by Gasteiger charge is -2.39. The van der Waals surface area contributed by atoms with Gasteiger partial charge in [-0.2, -0.15) is 0 Å². The SMILES string of the molecule is CC(=O)N1CC2(CCN(Cc3ccc(Cl)c(Cl)c3)CC2)C[C@H]1C(=O)O. The van der Waals surface area contributed by atoms with Crippen LogP contribution in [0.2, 0.25) is 10.0 Å². The fourth-order valence-corrected chi connectivity index (χ4v) is 4.37. The number of carbonyl (C=O) groups excluding carboxylic acids is 1. The lowest BCUT2D eigenvalue weighted by Crippen LogP contribution is -2.42. The Morgan fingerprint density at radius 2 is 1.92 bits per heavy atom. The molecule has 1 atom stereocenters. The van der Waals surface area contributed by atoms with Gasteiger partial charge in [-0.15, -0.1) is 0 Å². The topological polar surface area (TPSA) is 60.9 Å². The predicted molar refractivity (Wildman–Crippen MR) is 96.8 cm³/mol. The first-order valence-electron chi connectivity index (χ1n) is 8.46. The van der Waals surface area contributed by atoms with Crippen LogP contribution in [0, 0.1) is 5.41 Å². The molecule has 2 saturated heterocycles. The number of hydrogen-bond donors (Lipinski definition) is 1. The highest BCUT2D eigenvalue weighted by Crippen LogP contribution is 2.43. The molecule has 0 radical (unpaired) electrons. The maximum absolute atomic E-state index is 11.8. The standard InChI is InChI=1S/C18H22Cl2N2O3/c1-12(23)22-11-18(9-16(22)17(24)25)4-6-21(7-5-18)10-13-2-3-14(19)15(20)8-13/h2-3,8,16H,4-7,9-11H2,1H3,(H,24,25)/t16-/m0/s1. The lowest BCUT2D eigenvalue weighted by molar-refractivity contribution is -0.147. The van der Waals surface area contributed by atoms with Gasteiger partial charge in [0.25, 0.3) is 0 Å². The van der Waals surface area contributed by atoms with Crippen molar-refractivity contribution in [3.63, 3.8) is 0 Å². The van der Waals surface area contributed by atoms with E-state index < -0.39 is 12.0 Å². The Morgan fingerprint density at radius 3 is 2.44 bits per heavy atom. The van der Waals surface area contributed by atoms with E-state index >= 15 is 0 Å². The molecule has 0 saturated carbocycles. The summed E-state index contributed by atoms with van der Waals surface area (Å²) in [4.78, 5) is 27.1. The van der Waals surface area contributed by atoms with Crippen LogP contribution in [-0.4, -0.2) is 52.5 Å². The summed E-state index contributed by atoms with van der Waals surface area (Å²) in [7, 11) is 0. The Labute approximate surface area is 157 Å². The summed E-state index contributed by atoms with van der Waals surface area (Å²) in [6.45, 7) is 4.58. The molecule has 7 heteroatoms. The van der Waals surface area contributed by atoms with E-state index in [4.69, 9.17) is 23.2 Å². The molecule has 1 spiro atoms. The summed E-state index contributed by atoms with van der Waals surface area (Å²) in [5.41, 5.74) is 1.05. The third-order valence-corrected chi connectivity index (χ3v) is 6.24. The van der Waals surface area contributed by atoms with Gasteiger partial charge in [-0.05, 0) is 55.5 Å². The van der Waals surface area contributed by atoms with Crippen molar-refractivity contribution in [1.29, 1.82) is 0 Å². The van der Waals surface area contributed by atoms with Crippen LogP contribution in [0.3, 0.4) is 0 Å². The first-order valence-corrected chi connectivity index (χ1v) is 9.22. The van der Waals surface area contributed by atoms with Crippen LogP contribution in [0.4, 0.5) is 0 Å². The average molecular weight is 385 g/mol. The zero-order valence-corrected chi connectivity index (χ0v) is 15.7. The molecule has 25 heavy (non-hydrogen) atoms. The quantitative estimate of drug-likeness (QED) is 0.868. The molecule has 2 aliphatic rings. The van der Waals surface area contributed by atoms with Gasteiger partial charge in [0, 0.05) is 20.0 Å². The van der Waals surface area contributed by atoms with Crippen LogP contribution in [0.25, 0.3) is 0 Å². The van der Waals surface area contributed by atoms with Gasteiger partial charge in [0.15, 0.2) is 0 Å². The van der Waals surface area contributed by atoms with Gasteiger partial charge in [-0.3, -0.25) is 9.69 Å². The number of piperidine rings is 1. The molecule has 1 aromatic rings. The second-order valence-corrected chi connectivity index (χ2v) is 8.04. The summed E-state index contributed by atoms with van der Waals surface area (Å²) in [6, 6.07) is 5.00. The Morgan fingerprint density at radius 1 is 1.24 bits per heavy atom. The lowest BCUT2D eigenvalue weighted by atomic mass is 9.76. The number of carbonyl (C=O) groups is 2. The van der Waals surface area contributed by atoms with Crippen molar-refractivity contribution >= 4 is 35.1 Å². The molecule has 1 amide bonds. The van der Waals surface area contributed by atoms with E-state index in [1.807, 2.05) is 18.2 Å². The number of hydrogen-bond acceptors (Lipinski definition) is 3. The molecule has 2 aliphatic heterocycles. The first-order chi connectivity index (χ1) is 11.8. The molecular weight excluding hydrogens is 363 g/mol. The molecule has 1 N–H and O–H groups in total. The highest BCUT2D eigenvalue weighted by Gasteiger charge is 2.48. The summed E-state index contributed by atoms with van der Waals surface area (Å²) in [6.07, 6.45) is 2.37. The number of carboxylic acids is 1. The predicted octanol–water partition coefficient (Wildman–Crippen LogP) is 3.28. The van der Waals surface area contributed by atoms with Crippen LogP contribution in [0.1, 0.15) is 31.7 Å². The van der Waals surface area contributed by atoms with E-state index in [-0.39, 0.29) is 11.3 Å². The third-order valence-electron chi connectivity index (χ3n) is 5.50. The van der Waals surface area contributed by atoms with Crippen molar-refractivity contribution in [1.82, 2.24) is 9.80 Å². The summed E-state index contributed by atoms with van der Waals surface area (Å²) in [5, 5.41) is 10.5. The number of likely N-dealkylation sites (tertiary alicyclic amines) is 2. The average Bonchev–Trinajstić information content (AvgIpc) is 2.94. The second kappa shape index (κ2) is 7.14. The van der Waals surface area contributed by atoms with Crippen molar-refractivity contribution in [3.05, 3.63) is 33.8 Å². The maximum atomic E-state index is 11.8. The molecule has 5 nitrogen and oxygen atoms in total. The highest BCUT2D eigenvalue weighted by molar-refractivity contribution is 6.42.